The van der Waals surface area contributed by atoms with Crippen LogP contribution in [0.1, 0.15) is 11.1 Å². The van der Waals surface area contributed by atoms with Gasteiger partial charge in [0.2, 0.25) is 11.8 Å². The summed E-state index contributed by atoms with van der Waals surface area (Å²) < 4.78 is 58.8. The van der Waals surface area contributed by atoms with Gasteiger partial charge in [-0.25, -0.2) is 0 Å². The van der Waals surface area contributed by atoms with Crippen molar-refractivity contribution in [3.05, 3.63) is 59.7 Å². The smallest absolute Gasteiger partial charge is 0.466 e. The van der Waals surface area contributed by atoms with Gasteiger partial charge in [0.15, 0.2) is 5.75 Å². The van der Waals surface area contributed by atoms with Crippen LogP contribution in [0, 0.1) is 0 Å². The Hall–Kier alpha value is -0.420. The van der Waals surface area contributed by atoms with Gasteiger partial charge in [-0.05, 0) is 53.9 Å². The second-order valence-electron chi connectivity index (χ2n) is 8.11. The van der Waals surface area contributed by atoms with Crippen LogP contribution in [0.3, 0.4) is 0 Å². The van der Waals surface area contributed by atoms with E-state index in [9.17, 15) is 9.13 Å². The zero-order valence-corrected chi connectivity index (χ0v) is 29.7. The van der Waals surface area contributed by atoms with Crippen LogP contribution in [0.25, 0.3) is 0 Å². The molecule has 0 bridgehead atoms. The third-order valence-corrected chi connectivity index (χ3v) is 12.0. The van der Waals surface area contributed by atoms with E-state index < -0.39 is 29.8 Å². The molecular weight excluding hydrogens is 652 g/mol. The van der Waals surface area contributed by atoms with Crippen LogP contribution >= 0.6 is 47.6 Å². The van der Waals surface area contributed by atoms with Gasteiger partial charge in [0, 0.05) is 35.0 Å². The van der Waals surface area contributed by atoms with Crippen molar-refractivity contribution in [3.8, 4) is 11.5 Å². The number of benzene rings is 2. The molecule has 18 heteroatoms. The fourth-order valence-electron chi connectivity index (χ4n) is 3.14. The van der Waals surface area contributed by atoms with Gasteiger partial charge in [-0.1, -0.05) is 34.8 Å². The van der Waals surface area contributed by atoms with Crippen LogP contribution in [-0.4, -0.2) is 70.5 Å². The maximum atomic E-state index is 12.7. The van der Waals surface area contributed by atoms with Gasteiger partial charge in [0.05, 0.1) is 13.3 Å². The molecule has 40 heavy (non-hydrogen) atoms. The van der Waals surface area contributed by atoms with E-state index >= 15 is 0 Å². The summed E-state index contributed by atoms with van der Waals surface area (Å²) in [4.78, 5) is 1.69. The standard InChI is InChI=1S/C22H36N3O8P6S/c1-24(23-16-20-8-12-22(13-9-20)33-37(34)35)36(40)32-21-10-6-19(7-11-21)14-15-25(17-38(26,28-2)29-3)18-39(27,30-4)31-5/h6-13,16H,14-15,17-18,34-35H2,1-5H3/q+1/b23-16+. The quantitative estimate of drug-likeness (QED) is 0.0928. The molecule has 3 atom stereocenters. The molecule has 0 saturated carbocycles. The van der Waals surface area contributed by atoms with Crippen LogP contribution < -0.4 is 9.05 Å². The molecule has 0 amide bonds. The Morgan fingerprint density at radius 1 is 0.900 bits per heavy atom. The van der Waals surface area contributed by atoms with E-state index in [1.165, 1.54) is 28.4 Å². The molecule has 0 saturated heterocycles. The first-order chi connectivity index (χ1) is 18.9. The van der Waals surface area contributed by atoms with Crippen LogP contribution in [0.2, 0.25) is 0 Å². The Labute approximate surface area is 248 Å². The molecule has 2 aromatic carbocycles. The van der Waals surface area contributed by atoms with Crippen molar-refractivity contribution in [3.63, 3.8) is 0 Å². The molecule has 2 rings (SSSR count). The third kappa shape index (κ3) is 12.4. The Morgan fingerprint density at radius 2 is 1.40 bits per heavy atom. The summed E-state index contributed by atoms with van der Waals surface area (Å²) in [6.07, 6.45) is 2.14. The normalized spacial score (nSPS) is 12.8. The first-order valence-electron chi connectivity index (χ1n) is 11.7. The van der Waals surface area contributed by atoms with Crippen molar-refractivity contribution in [1.82, 2.24) is 9.68 Å². The largest absolute Gasteiger partial charge is 0.540 e. The van der Waals surface area contributed by atoms with E-state index in [4.69, 9.17) is 38.9 Å². The molecule has 0 N–H and O–H groups in total. The number of hydrogen-bond acceptors (Lipinski definition) is 11. The number of rotatable bonds is 18. The predicted octanol–water partition coefficient (Wildman–Crippen LogP) is 6.89. The number of nitrogens with zero attached hydrogens (tertiary/aromatic N) is 3. The van der Waals surface area contributed by atoms with Crippen LogP contribution in [0.5, 0.6) is 11.5 Å². The Morgan fingerprint density at radius 3 is 1.88 bits per heavy atom. The second kappa shape index (κ2) is 17.6. The molecule has 0 aliphatic rings. The predicted molar refractivity (Wildman–Crippen MR) is 174 cm³/mol. The summed E-state index contributed by atoms with van der Waals surface area (Å²) in [7, 11) is 3.39. The highest BCUT2D eigenvalue weighted by Gasteiger charge is 2.31. The lowest BCUT2D eigenvalue weighted by molar-refractivity contribution is 0.224. The van der Waals surface area contributed by atoms with Gasteiger partial charge < -0.3 is 22.6 Å². The molecule has 0 aliphatic carbocycles. The van der Waals surface area contributed by atoms with Gasteiger partial charge in [-0.15, -0.1) is 5.10 Å². The molecule has 0 radical (unpaired) electrons. The molecule has 2 aromatic rings. The van der Waals surface area contributed by atoms with E-state index in [2.05, 4.69) is 23.0 Å². The highest BCUT2D eigenvalue weighted by atomic mass is 32.4. The average molecular weight is 688 g/mol. The topological polar surface area (TPSA) is 108 Å². The molecule has 0 aromatic heterocycles. The van der Waals surface area contributed by atoms with Crippen LogP contribution in [-0.2, 0) is 45.5 Å². The Balaban J connectivity index is 1.96. The van der Waals surface area contributed by atoms with Crippen LogP contribution in [0.15, 0.2) is 53.6 Å². The van der Waals surface area contributed by atoms with Crippen molar-refractivity contribution < 1.29 is 36.3 Å². The van der Waals surface area contributed by atoms with Gasteiger partial charge in [0.25, 0.3) is 0 Å². The summed E-state index contributed by atoms with van der Waals surface area (Å²) in [5.41, 5.74) is 1.89. The molecule has 222 valence electrons. The first-order valence-corrected chi connectivity index (χ1v) is 21.9. The molecule has 3 unspecified atom stereocenters. The van der Waals surface area contributed by atoms with E-state index in [1.54, 1.807) is 22.9 Å². The number of hydrogen-bond donors (Lipinski definition) is 0. The highest BCUT2D eigenvalue weighted by Crippen LogP contribution is 2.53. The summed E-state index contributed by atoms with van der Waals surface area (Å²) in [6.45, 7) is 0.405. The third-order valence-electron chi connectivity index (χ3n) is 5.38. The monoisotopic (exact) mass is 688 g/mol. The second-order valence-corrected chi connectivity index (χ2v) is 20.5. The van der Waals surface area contributed by atoms with Crippen molar-refractivity contribution in [2.75, 3.05) is 54.6 Å². The first kappa shape index (κ1) is 35.8. The van der Waals surface area contributed by atoms with E-state index in [1.807, 2.05) is 48.5 Å². The van der Waals surface area contributed by atoms with E-state index in [0.29, 0.717) is 18.7 Å². The Kier molecular flexibility index (Phi) is 15.8. The molecule has 11 nitrogen and oxygen atoms in total. The SMILES string of the molecule is COP(=O)(CN(CCc1ccc(O[P+](=S)N(C)/N=C/c2ccc(OP(P)P)cc2)cc1)CP(=O)(OC)OC)OC. The summed E-state index contributed by atoms with van der Waals surface area (Å²) in [5.74, 6) is 1.41. The minimum atomic E-state index is -3.39. The van der Waals surface area contributed by atoms with Crippen molar-refractivity contribution >= 4 is 65.7 Å². The lowest BCUT2D eigenvalue weighted by atomic mass is 10.1. The fraction of sp³-hybridized carbons (Fsp3) is 0.409. The van der Waals surface area contributed by atoms with Crippen molar-refractivity contribution in [2.24, 2.45) is 5.10 Å². The van der Waals surface area contributed by atoms with E-state index in [0.717, 1.165) is 16.9 Å². The van der Waals surface area contributed by atoms with E-state index in [-0.39, 0.29) is 12.6 Å². The zero-order chi connectivity index (χ0) is 29.8. The maximum Gasteiger partial charge on any atom is 0.540 e. The molecule has 0 aliphatic heterocycles. The molecular formula is C22H36N3O8P6S+. The van der Waals surface area contributed by atoms with Gasteiger partial charge >= 0.3 is 22.3 Å². The average Bonchev–Trinajstić information content (AvgIpc) is 2.95. The highest BCUT2D eigenvalue weighted by molar-refractivity contribution is 8.41. The molecule has 0 heterocycles. The van der Waals surface area contributed by atoms with Gasteiger partial charge in [-0.2, -0.15) is 0 Å². The fourth-order valence-corrected chi connectivity index (χ4v) is 7.56. The minimum absolute atomic E-state index is 0.0695. The van der Waals surface area contributed by atoms with Crippen molar-refractivity contribution in [1.29, 1.82) is 0 Å². The summed E-state index contributed by atoms with van der Waals surface area (Å²) >= 11 is 5.52. The van der Waals surface area contributed by atoms with Crippen molar-refractivity contribution in [2.45, 2.75) is 6.42 Å². The van der Waals surface area contributed by atoms with Gasteiger partial charge in [0.1, 0.15) is 25.8 Å². The zero-order valence-electron chi connectivity index (χ0n) is 23.0. The molecule has 0 fully saturated rings. The summed E-state index contributed by atoms with van der Waals surface area (Å²) in [6, 6.07) is 15.1. The van der Waals surface area contributed by atoms with Crippen LogP contribution in [0.4, 0.5) is 0 Å². The molecule has 0 spiro atoms. The maximum absolute atomic E-state index is 12.7. The summed E-state index contributed by atoms with van der Waals surface area (Å²) in [5, 5.41) is 4.40. The lowest BCUT2D eigenvalue weighted by Gasteiger charge is -2.27. The van der Waals surface area contributed by atoms with Gasteiger partial charge in [-0.3, -0.25) is 18.6 Å². The minimum Gasteiger partial charge on any atom is -0.466 e. The Bertz CT molecular complexity index is 1160. The lowest BCUT2D eigenvalue weighted by Crippen LogP contribution is -2.29. The number of hydrazone groups is 1.